The van der Waals surface area contributed by atoms with Crippen LogP contribution in [0.2, 0.25) is 0 Å². The largest absolute Gasteiger partial charge is 0.351 e. The monoisotopic (exact) mass is 331 g/mol. The van der Waals surface area contributed by atoms with E-state index >= 15 is 0 Å². The van der Waals surface area contributed by atoms with E-state index in [4.69, 9.17) is 0 Å². The fraction of sp³-hybridized carbons (Fsp3) is 0.235. The maximum atomic E-state index is 12.4. The molecule has 3 heteroatoms. The van der Waals surface area contributed by atoms with Gasteiger partial charge in [0.05, 0.1) is 5.41 Å². The molecule has 1 amide bonds. The number of hydrogen-bond acceptors (Lipinski definition) is 1. The molecule has 2 rings (SSSR count). The third-order valence-electron chi connectivity index (χ3n) is 3.43. The Morgan fingerprint density at radius 3 is 2.25 bits per heavy atom. The number of halogens is 1. The van der Waals surface area contributed by atoms with Crippen LogP contribution in [0.5, 0.6) is 0 Å². The Hall–Kier alpha value is -1.61. The van der Waals surface area contributed by atoms with Crippen molar-refractivity contribution in [2.24, 2.45) is 0 Å². The van der Waals surface area contributed by atoms with Gasteiger partial charge >= 0.3 is 0 Å². The first-order valence-corrected chi connectivity index (χ1v) is 7.38. The highest BCUT2D eigenvalue weighted by Gasteiger charge is 2.29. The van der Waals surface area contributed by atoms with Crippen molar-refractivity contribution in [1.82, 2.24) is 5.32 Å². The molecule has 0 spiro atoms. The molecular weight excluding hydrogens is 314 g/mol. The summed E-state index contributed by atoms with van der Waals surface area (Å²) in [6, 6.07) is 17.8. The summed E-state index contributed by atoms with van der Waals surface area (Å²) in [5.41, 5.74) is 1.58. The molecule has 0 heterocycles. The Labute approximate surface area is 128 Å². The average Bonchev–Trinajstić information content (AvgIpc) is 2.47. The molecule has 2 nitrogen and oxygen atoms in total. The van der Waals surface area contributed by atoms with Gasteiger partial charge in [-0.3, -0.25) is 4.79 Å². The van der Waals surface area contributed by atoms with E-state index in [2.05, 4.69) is 21.2 Å². The lowest BCUT2D eigenvalue weighted by molar-refractivity contribution is -0.125. The molecule has 2 aromatic rings. The van der Waals surface area contributed by atoms with Crippen LogP contribution in [0.4, 0.5) is 0 Å². The fourth-order valence-corrected chi connectivity index (χ4v) is 2.26. The minimum atomic E-state index is -0.531. The first-order valence-electron chi connectivity index (χ1n) is 6.58. The topological polar surface area (TPSA) is 29.1 Å². The lowest BCUT2D eigenvalue weighted by Gasteiger charge is -2.24. The number of amides is 1. The molecule has 0 atom stereocenters. The zero-order valence-corrected chi connectivity index (χ0v) is 13.3. The van der Waals surface area contributed by atoms with Crippen molar-refractivity contribution in [1.29, 1.82) is 0 Å². The highest BCUT2D eigenvalue weighted by atomic mass is 79.9. The normalized spacial score (nSPS) is 11.2. The number of benzene rings is 2. The van der Waals surface area contributed by atoms with Gasteiger partial charge in [-0.05, 0) is 37.1 Å². The first kappa shape index (κ1) is 14.8. The molecule has 0 saturated carbocycles. The van der Waals surface area contributed by atoms with Gasteiger partial charge in [0.15, 0.2) is 0 Å². The van der Waals surface area contributed by atoms with Crippen LogP contribution in [0.15, 0.2) is 59.1 Å². The summed E-state index contributed by atoms with van der Waals surface area (Å²) < 4.78 is 1.04. The Morgan fingerprint density at radius 1 is 1.05 bits per heavy atom. The second-order valence-electron chi connectivity index (χ2n) is 5.30. The second kappa shape index (κ2) is 6.23. The van der Waals surface area contributed by atoms with Gasteiger partial charge in [-0.1, -0.05) is 58.4 Å². The van der Waals surface area contributed by atoms with E-state index in [0.29, 0.717) is 6.54 Å². The minimum Gasteiger partial charge on any atom is -0.351 e. The summed E-state index contributed by atoms with van der Waals surface area (Å²) in [4.78, 5) is 12.4. The molecule has 0 aliphatic carbocycles. The SMILES string of the molecule is CC(C)(C(=O)NCc1ccc(Br)cc1)c1ccccc1. The van der Waals surface area contributed by atoms with Gasteiger partial charge in [0.1, 0.15) is 0 Å². The van der Waals surface area contributed by atoms with Crippen LogP contribution in [-0.2, 0) is 16.8 Å². The summed E-state index contributed by atoms with van der Waals surface area (Å²) >= 11 is 3.40. The molecule has 0 aliphatic heterocycles. The van der Waals surface area contributed by atoms with E-state index < -0.39 is 5.41 Å². The predicted molar refractivity (Wildman–Crippen MR) is 85.5 cm³/mol. The number of carbonyl (C=O) groups is 1. The Kier molecular flexibility index (Phi) is 4.61. The van der Waals surface area contributed by atoms with Gasteiger partial charge in [-0.25, -0.2) is 0 Å². The molecule has 0 aliphatic rings. The molecule has 0 fully saturated rings. The van der Waals surface area contributed by atoms with Crippen LogP contribution in [0.3, 0.4) is 0 Å². The summed E-state index contributed by atoms with van der Waals surface area (Å²) in [5, 5.41) is 3.00. The molecule has 0 radical (unpaired) electrons. The van der Waals surface area contributed by atoms with Gasteiger partial charge < -0.3 is 5.32 Å². The summed E-state index contributed by atoms with van der Waals surface area (Å²) in [7, 11) is 0. The second-order valence-corrected chi connectivity index (χ2v) is 6.22. The van der Waals surface area contributed by atoms with Crippen molar-refractivity contribution in [2.75, 3.05) is 0 Å². The van der Waals surface area contributed by atoms with Crippen LogP contribution in [0.25, 0.3) is 0 Å². The maximum absolute atomic E-state index is 12.4. The van der Waals surface area contributed by atoms with E-state index in [0.717, 1.165) is 15.6 Å². The van der Waals surface area contributed by atoms with E-state index in [1.54, 1.807) is 0 Å². The predicted octanol–water partition coefficient (Wildman–Crippen LogP) is 4.04. The van der Waals surface area contributed by atoms with E-state index in [-0.39, 0.29) is 5.91 Å². The zero-order chi connectivity index (χ0) is 14.6. The van der Waals surface area contributed by atoms with Crippen LogP contribution < -0.4 is 5.32 Å². The Bertz CT molecular complexity index is 576. The number of carbonyl (C=O) groups excluding carboxylic acids is 1. The third-order valence-corrected chi connectivity index (χ3v) is 3.96. The van der Waals surface area contributed by atoms with Gasteiger partial charge in [0.2, 0.25) is 5.91 Å². The lowest BCUT2D eigenvalue weighted by Crippen LogP contribution is -2.39. The van der Waals surface area contributed by atoms with Gasteiger partial charge in [0.25, 0.3) is 0 Å². The molecule has 0 saturated heterocycles. The van der Waals surface area contributed by atoms with Gasteiger partial charge in [-0.15, -0.1) is 0 Å². The molecule has 0 aromatic heterocycles. The van der Waals surface area contributed by atoms with Crippen molar-refractivity contribution >= 4 is 21.8 Å². The molecule has 1 N–H and O–H groups in total. The standard InChI is InChI=1S/C17H18BrNO/c1-17(2,14-6-4-3-5-7-14)16(20)19-12-13-8-10-15(18)11-9-13/h3-11H,12H2,1-2H3,(H,19,20). The summed E-state index contributed by atoms with van der Waals surface area (Å²) in [6.45, 7) is 4.43. The van der Waals surface area contributed by atoms with E-state index in [9.17, 15) is 4.79 Å². The smallest absolute Gasteiger partial charge is 0.230 e. The summed E-state index contributed by atoms with van der Waals surface area (Å²) in [5.74, 6) is 0.0339. The quantitative estimate of drug-likeness (QED) is 0.899. The molecule has 104 valence electrons. The van der Waals surface area contributed by atoms with E-state index in [1.807, 2.05) is 68.4 Å². The van der Waals surface area contributed by atoms with Crippen molar-refractivity contribution < 1.29 is 4.79 Å². The van der Waals surface area contributed by atoms with Gasteiger partial charge in [0, 0.05) is 11.0 Å². The lowest BCUT2D eigenvalue weighted by atomic mass is 9.84. The molecule has 0 unspecified atom stereocenters. The fourth-order valence-electron chi connectivity index (χ4n) is 1.99. The number of rotatable bonds is 4. The summed E-state index contributed by atoms with van der Waals surface area (Å²) in [6.07, 6.45) is 0. The highest BCUT2D eigenvalue weighted by Crippen LogP contribution is 2.23. The van der Waals surface area contributed by atoms with Crippen molar-refractivity contribution in [3.63, 3.8) is 0 Å². The maximum Gasteiger partial charge on any atom is 0.230 e. The Morgan fingerprint density at radius 2 is 1.65 bits per heavy atom. The highest BCUT2D eigenvalue weighted by molar-refractivity contribution is 9.10. The van der Waals surface area contributed by atoms with Crippen LogP contribution in [0.1, 0.15) is 25.0 Å². The van der Waals surface area contributed by atoms with Crippen molar-refractivity contribution in [3.8, 4) is 0 Å². The third kappa shape index (κ3) is 3.48. The first-order chi connectivity index (χ1) is 9.50. The van der Waals surface area contributed by atoms with E-state index in [1.165, 1.54) is 0 Å². The number of nitrogens with one attached hydrogen (secondary N) is 1. The zero-order valence-electron chi connectivity index (χ0n) is 11.7. The molecular formula is C17H18BrNO. The Balaban J connectivity index is 2.03. The van der Waals surface area contributed by atoms with Crippen molar-refractivity contribution in [3.05, 3.63) is 70.2 Å². The number of hydrogen-bond donors (Lipinski definition) is 1. The van der Waals surface area contributed by atoms with Crippen LogP contribution >= 0.6 is 15.9 Å². The van der Waals surface area contributed by atoms with Crippen molar-refractivity contribution in [2.45, 2.75) is 25.8 Å². The average molecular weight is 332 g/mol. The minimum absolute atomic E-state index is 0.0339. The van der Waals surface area contributed by atoms with Crippen LogP contribution in [-0.4, -0.2) is 5.91 Å². The molecule has 0 bridgehead atoms. The molecule has 2 aromatic carbocycles. The van der Waals surface area contributed by atoms with Gasteiger partial charge in [-0.2, -0.15) is 0 Å². The molecule has 20 heavy (non-hydrogen) atoms. The van der Waals surface area contributed by atoms with Crippen LogP contribution in [0, 0.1) is 0 Å².